The smallest absolute Gasteiger partial charge is 0.119 e. The molecule has 0 aliphatic carbocycles. The first-order valence-corrected chi connectivity index (χ1v) is 10.0. The molecule has 2 aromatic rings. The Kier molecular flexibility index (Phi) is 6.83. The summed E-state index contributed by atoms with van der Waals surface area (Å²) in [5.41, 5.74) is 1.14. The van der Waals surface area contributed by atoms with Gasteiger partial charge >= 0.3 is 0 Å². The van der Waals surface area contributed by atoms with Crippen molar-refractivity contribution >= 4 is 11.6 Å². The molecule has 7 heteroatoms. The van der Waals surface area contributed by atoms with E-state index in [1.807, 2.05) is 37.3 Å². The Morgan fingerprint density at radius 2 is 1.76 bits per heavy atom. The van der Waals surface area contributed by atoms with Crippen LogP contribution < -0.4 is 4.74 Å². The predicted octanol–water partition coefficient (Wildman–Crippen LogP) is 2.02. The molecule has 0 saturated carbocycles. The summed E-state index contributed by atoms with van der Waals surface area (Å²) >= 11 is 6.40. The highest BCUT2D eigenvalue weighted by atomic mass is 35.5. The molecule has 5 atom stereocenters. The van der Waals surface area contributed by atoms with E-state index in [2.05, 4.69) is 0 Å². The topological polar surface area (TPSA) is 99.4 Å². The fraction of sp³-hybridized carbons (Fsp3) is 0.455. The van der Waals surface area contributed by atoms with E-state index in [0.29, 0.717) is 23.6 Å². The quantitative estimate of drug-likeness (QED) is 0.568. The number of halogens is 1. The molecule has 1 aliphatic rings. The summed E-state index contributed by atoms with van der Waals surface area (Å²) in [6, 6.07) is 13.0. The van der Waals surface area contributed by atoms with Gasteiger partial charge in [-0.15, -0.1) is 0 Å². The van der Waals surface area contributed by atoms with Crippen LogP contribution in [-0.4, -0.2) is 58.1 Å². The molecule has 4 N–H and O–H groups in total. The van der Waals surface area contributed by atoms with E-state index in [4.69, 9.17) is 21.1 Å². The van der Waals surface area contributed by atoms with Crippen molar-refractivity contribution in [3.05, 3.63) is 64.2 Å². The van der Waals surface area contributed by atoms with Crippen LogP contribution in [0.4, 0.5) is 0 Å². The van der Waals surface area contributed by atoms with E-state index in [1.54, 1.807) is 19.1 Å². The van der Waals surface area contributed by atoms with Gasteiger partial charge in [0.25, 0.3) is 0 Å². The molecular formula is C22H27ClO6. The summed E-state index contributed by atoms with van der Waals surface area (Å²) < 4.78 is 11.3. The lowest BCUT2D eigenvalue weighted by atomic mass is 9.80. The van der Waals surface area contributed by atoms with Crippen LogP contribution in [0.5, 0.6) is 5.75 Å². The maximum atomic E-state index is 10.6. The number of hydrogen-bond acceptors (Lipinski definition) is 6. The number of rotatable bonds is 6. The molecule has 0 radical (unpaired) electrons. The molecule has 0 bridgehead atoms. The van der Waals surface area contributed by atoms with E-state index in [-0.39, 0.29) is 0 Å². The molecule has 1 fully saturated rings. The van der Waals surface area contributed by atoms with Gasteiger partial charge in [0.2, 0.25) is 0 Å². The van der Waals surface area contributed by atoms with Crippen LogP contribution >= 0.6 is 11.6 Å². The molecule has 6 nitrogen and oxygen atoms in total. The molecular weight excluding hydrogens is 396 g/mol. The molecule has 158 valence electrons. The van der Waals surface area contributed by atoms with Crippen molar-refractivity contribution in [3.63, 3.8) is 0 Å². The molecule has 1 aliphatic heterocycles. The van der Waals surface area contributed by atoms with Gasteiger partial charge in [0.1, 0.15) is 35.8 Å². The minimum Gasteiger partial charge on any atom is -0.494 e. The number of hydrogen-bond donors (Lipinski definition) is 4. The van der Waals surface area contributed by atoms with E-state index in [1.165, 1.54) is 0 Å². The number of benzene rings is 2. The van der Waals surface area contributed by atoms with Crippen molar-refractivity contribution in [2.24, 2.45) is 0 Å². The van der Waals surface area contributed by atoms with E-state index in [9.17, 15) is 20.4 Å². The molecule has 0 spiro atoms. The lowest BCUT2D eigenvalue weighted by molar-refractivity contribution is -0.273. The molecule has 29 heavy (non-hydrogen) atoms. The Morgan fingerprint density at radius 1 is 1.07 bits per heavy atom. The third kappa shape index (κ3) is 4.43. The summed E-state index contributed by atoms with van der Waals surface area (Å²) in [6.07, 6.45) is -4.65. The van der Waals surface area contributed by atoms with Crippen molar-refractivity contribution in [3.8, 4) is 5.75 Å². The Labute approximate surface area is 175 Å². The highest BCUT2D eigenvalue weighted by Gasteiger charge is 2.51. The van der Waals surface area contributed by atoms with Gasteiger partial charge in [-0.1, -0.05) is 35.9 Å². The van der Waals surface area contributed by atoms with E-state index in [0.717, 1.165) is 16.9 Å². The highest BCUT2D eigenvalue weighted by molar-refractivity contribution is 6.31. The lowest BCUT2D eigenvalue weighted by Gasteiger charge is -2.47. The van der Waals surface area contributed by atoms with Crippen LogP contribution in [0.15, 0.2) is 42.5 Å². The molecule has 0 aromatic heterocycles. The van der Waals surface area contributed by atoms with Crippen molar-refractivity contribution in [2.75, 3.05) is 13.2 Å². The fourth-order valence-electron chi connectivity index (χ4n) is 3.68. The van der Waals surface area contributed by atoms with Crippen LogP contribution in [0.1, 0.15) is 30.5 Å². The predicted molar refractivity (Wildman–Crippen MR) is 109 cm³/mol. The maximum Gasteiger partial charge on any atom is 0.119 e. The Morgan fingerprint density at radius 3 is 2.38 bits per heavy atom. The second-order valence-electron chi connectivity index (χ2n) is 7.43. The summed E-state index contributed by atoms with van der Waals surface area (Å²) in [4.78, 5) is 0. The summed E-state index contributed by atoms with van der Waals surface area (Å²) in [6.45, 7) is 3.68. The minimum absolute atomic E-state index is 0.479. The highest BCUT2D eigenvalue weighted by Crippen LogP contribution is 2.39. The van der Waals surface area contributed by atoms with Crippen LogP contribution in [0, 0.1) is 0 Å². The summed E-state index contributed by atoms with van der Waals surface area (Å²) in [7, 11) is 0. The van der Waals surface area contributed by atoms with Crippen LogP contribution in [0.25, 0.3) is 0 Å². The number of aliphatic hydroxyl groups is 4. The molecule has 0 unspecified atom stereocenters. The minimum atomic E-state index is -1.45. The SMILES string of the molecule is CCOc1ccc(Cc2cc([C@]3(C)O[C@@H](CO)[C@@H](O)[C@H](O)[C@H]3O)ccc2Cl)cc1. The van der Waals surface area contributed by atoms with Crippen molar-refractivity contribution < 1.29 is 29.9 Å². The van der Waals surface area contributed by atoms with E-state index >= 15 is 0 Å². The monoisotopic (exact) mass is 422 g/mol. The molecule has 0 amide bonds. The maximum absolute atomic E-state index is 10.6. The summed E-state index contributed by atoms with van der Waals surface area (Å²) in [5.74, 6) is 0.796. The first kappa shape index (κ1) is 22.0. The lowest BCUT2D eigenvalue weighted by Crippen LogP contribution is -2.62. The molecule has 1 saturated heterocycles. The third-order valence-corrected chi connectivity index (χ3v) is 5.81. The zero-order valence-corrected chi connectivity index (χ0v) is 17.2. The third-order valence-electron chi connectivity index (χ3n) is 5.44. The first-order valence-electron chi connectivity index (χ1n) is 9.63. The average molecular weight is 423 g/mol. The zero-order chi connectivity index (χ0) is 21.2. The van der Waals surface area contributed by atoms with Gasteiger partial charge in [-0.25, -0.2) is 0 Å². The van der Waals surface area contributed by atoms with Gasteiger partial charge < -0.3 is 29.9 Å². The van der Waals surface area contributed by atoms with Crippen molar-refractivity contribution in [1.29, 1.82) is 0 Å². The Bertz CT molecular complexity index is 825. The molecule has 1 heterocycles. The average Bonchev–Trinajstić information content (AvgIpc) is 2.72. The van der Waals surface area contributed by atoms with Gasteiger partial charge in [0, 0.05) is 5.02 Å². The fourth-order valence-corrected chi connectivity index (χ4v) is 3.86. The number of ether oxygens (including phenoxy) is 2. The van der Waals surface area contributed by atoms with Crippen molar-refractivity contribution in [2.45, 2.75) is 50.3 Å². The Hall–Kier alpha value is -1.67. The largest absolute Gasteiger partial charge is 0.494 e. The van der Waals surface area contributed by atoms with Gasteiger partial charge in [0.15, 0.2) is 0 Å². The number of aliphatic hydroxyl groups excluding tert-OH is 4. The van der Waals surface area contributed by atoms with Gasteiger partial charge in [-0.3, -0.25) is 0 Å². The van der Waals surface area contributed by atoms with Crippen LogP contribution in [-0.2, 0) is 16.8 Å². The Balaban J connectivity index is 1.89. The van der Waals surface area contributed by atoms with Crippen LogP contribution in [0.2, 0.25) is 5.02 Å². The standard InChI is InChI=1S/C22H27ClO6/c1-3-28-16-7-4-13(5-8-16)10-14-11-15(6-9-17(14)23)22(2)21(27)20(26)19(25)18(12-24)29-22/h4-9,11,18-21,24-27H,3,10,12H2,1-2H3/t18-,19+,20-,21+,22-/m0/s1. The first-order chi connectivity index (χ1) is 13.8. The second-order valence-corrected chi connectivity index (χ2v) is 7.84. The van der Waals surface area contributed by atoms with Gasteiger partial charge in [-0.2, -0.15) is 0 Å². The second kappa shape index (κ2) is 9.00. The van der Waals surface area contributed by atoms with Gasteiger partial charge in [0.05, 0.1) is 13.2 Å². The normalized spacial score (nSPS) is 29.6. The van der Waals surface area contributed by atoms with E-state index < -0.39 is 36.6 Å². The molecule has 3 rings (SSSR count). The summed E-state index contributed by atoms with van der Waals surface area (Å²) in [5, 5.41) is 40.9. The van der Waals surface area contributed by atoms with Crippen LogP contribution in [0.3, 0.4) is 0 Å². The van der Waals surface area contributed by atoms with Gasteiger partial charge in [-0.05, 0) is 55.2 Å². The molecule has 2 aromatic carbocycles. The zero-order valence-electron chi connectivity index (χ0n) is 16.5. The van der Waals surface area contributed by atoms with Crippen molar-refractivity contribution in [1.82, 2.24) is 0 Å².